The van der Waals surface area contributed by atoms with Crippen LogP contribution in [-0.2, 0) is 10.0 Å². The van der Waals surface area contributed by atoms with Gasteiger partial charge in [-0.3, -0.25) is 0 Å². The van der Waals surface area contributed by atoms with Gasteiger partial charge >= 0.3 is 0 Å². The number of benzene rings is 1. The maximum Gasteiger partial charge on any atom is 0.243 e. The average molecular weight is 279 g/mol. The first-order valence-electron chi connectivity index (χ1n) is 6.30. The van der Waals surface area contributed by atoms with E-state index in [0.717, 1.165) is 24.8 Å². The van der Waals surface area contributed by atoms with E-state index < -0.39 is 10.0 Å². The van der Waals surface area contributed by atoms with Crippen LogP contribution in [-0.4, -0.2) is 18.9 Å². The summed E-state index contributed by atoms with van der Waals surface area (Å²) in [5.41, 5.74) is 6.75. The van der Waals surface area contributed by atoms with Crippen molar-refractivity contribution in [2.45, 2.75) is 36.6 Å². The van der Waals surface area contributed by atoms with Crippen molar-refractivity contribution in [3.05, 3.63) is 24.4 Å². The van der Waals surface area contributed by atoms with Gasteiger partial charge in [-0.25, -0.2) is 13.1 Å². The van der Waals surface area contributed by atoms with E-state index in [2.05, 4.69) is 9.71 Å². The van der Waals surface area contributed by atoms with Gasteiger partial charge in [-0.1, -0.05) is 0 Å². The molecule has 0 saturated heterocycles. The number of hydrogen-bond acceptors (Lipinski definition) is 3. The molecule has 0 unspecified atom stereocenters. The van der Waals surface area contributed by atoms with Gasteiger partial charge in [0, 0.05) is 28.3 Å². The van der Waals surface area contributed by atoms with Crippen molar-refractivity contribution in [1.82, 2.24) is 9.71 Å². The second-order valence-corrected chi connectivity index (χ2v) is 7.13. The molecule has 4 N–H and O–H groups in total. The molecule has 1 aliphatic rings. The largest absolute Gasteiger partial charge is 0.399 e. The molecular weight excluding hydrogens is 262 g/mol. The number of anilines is 1. The summed E-state index contributed by atoms with van der Waals surface area (Å²) in [7, 11) is -3.52. The lowest BCUT2D eigenvalue weighted by Gasteiger charge is -2.38. The fraction of sp³-hybridized carbons (Fsp3) is 0.385. The van der Waals surface area contributed by atoms with E-state index in [4.69, 9.17) is 5.73 Å². The molecule has 1 aromatic heterocycles. The summed E-state index contributed by atoms with van der Waals surface area (Å²) in [6.07, 6.45) is 4.36. The van der Waals surface area contributed by atoms with Crippen LogP contribution >= 0.6 is 0 Å². The zero-order valence-electron chi connectivity index (χ0n) is 10.7. The molecule has 19 heavy (non-hydrogen) atoms. The first kappa shape index (κ1) is 12.5. The summed E-state index contributed by atoms with van der Waals surface area (Å²) < 4.78 is 27.7. The van der Waals surface area contributed by atoms with Crippen LogP contribution in [0.2, 0.25) is 0 Å². The number of fused-ring (bicyclic) bond motifs is 1. The summed E-state index contributed by atoms with van der Waals surface area (Å²) in [6, 6.07) is 5.22. The monoisotopic (exact) mass is 279 g/mol. The van der Waals surface area contributed by atoms with E-state index in [0.29, 0.717) is 11.1 Å². The zero-order valence-corrected chi connectivity index (χ0v) is 11.5. The van der Waals surface area contributed by atoms with Crippen molar-refractivity contribution in [2.75, 3.05) is 5.73 Å². The molecule has 1 aliphatic carbocycles. The third-order valence-corrected chi connectivity index (χ3v) is 5.47. The molecule has 102 valence electrons. The minimum absolute atomic E-state index is 0.267. The van der Waals surface area contributed by atoms with E-state index in [1.807, 2.05) is 6.92 Å². The molecule has 0 bridgehead atoms. The fourth-order valence-electron chi connectivity index (χ4n) is 2.52. The number of rotatable bonds is 3. The van der Waals surface area contributed by atoms with Gasteiger partial charge < -0.3 is 10.7 Å². The molecule has 0 aliphatic heterocycles. The minimum Gasteiger partial charge on any atom is -0.399 e. The van der Waals surface area contributed by atoms with Crippen LogP contribution in [0.4, 0.5) is 5.69 Å². The van der Waals surface area contributed by atoms with E-state index >= 15 is 0 Å². The van der Waals surface area contributed by atoms with Crippen LogP contribution in [0.3, 0.4) is 0 Å². The van der Waals surface area contributed by atoms with Crippen LogP contribution in [0.5, 0.6) is 0 Å². The van der Waals surface area contributed by atoms with Crippen LogP contribution in [0.1, 0.15) is 26.2 Å². The fourth-order valence-corrected chi connectivity index (χ4v) is 4.16. The smallest absolute Gasteiger partial charge is 0.243 e. The molecule has 0 spiro atoms. The van der Waals surface area contributed by atoms with Crippen LogP contribution < -0.4 is 10.5 Å². The first-order valence-corrected chi connectivity index (χ1v) is 7.79. The second kappa shape index (κ2) is 3.98. The Morgan fingerprint density at radius 1 is 1.37 bits per heavy atom. The maximum absolute atomic E-state index is 12.5. The van der Waals surface area contributed by atoms with Gasteiger partial charge in [0.1, 0.15) is 4.90 Å². The van der Waals surface area contributed by atoms with Crippen molar-refractivity contribution in [3.63, 3.8) is 0 Å². The van der Waals surface area contributed by atoms with Gasteiger partial charge in [0.05, 0.1) is 0 Å². The number of H-pyrrole nitrogens is 1. The normalized spacial score (nSPS) is 18.4. The maximum atomic E-state index is 12.5. The highest BCUT2D eigenvalue weighted by molar-refractivity contribution is 7.89. The molecular formula is C13H17N3O2S. The molecule has 2 aromatic rings. The Bertz CT molecular complexity index is 729. The number of nitrogens with one attached hydrogen (secondary N) is 2. The summed E-state index contributed by atoms with van der Waals surface area (Å²) in [5.74, 6) is 0. The number of nitrogens with two attached hydrogens (primary N) is 1. The summed E-state index contributed by atoms with van der Waals surface area (Å²) in [5, 5.41) is 0.635. The molecule has 1 fully saturated rings. The molecule has 5 nitrogen and oxygen atoms in total. The number of hydrogen-bond donors (Lipinski definition) is 3. The van der Waals surface area contributed by atoms with Gasteiger partial charge in [-0.05, 0) is 44.4 Å². The van der Waals surface area contributed by atoms with E-state index in [9.17, 15) is 8.42 Å². The summed E-state index contributed by atoms with van der Waals surface area (Å²) >= 11 is 0. The molecule has 6 heteroatoms. The lowest BCUT2D eigenvalue weighted by molar-refractivity contribution is 0.248. The van der Waals surface area contributed by atoms with Crippen molar-refractivity contribution in [1.29, 1.82) is 0 Å². The Morgan fingerprint density at radius 2 is 2.11 bits per heavy atom. The van der Waals surface area contributed by atoms with Crippen LogP contribution in [0.25, 0.3) is 10.9 Å². The zero-order chi connectivity index (χ0) is 13.7. The number of sulfonamides is 1. The van der Waals surface area contributed by atoms with Crippen LogP contribution in [0.15, 0.2) is 29.3 Å². The third kappa shape index (κ3) is 2.11. The molecule has 0 radical (unpaired) electrons. The standard InChI is InChI=1S/C13H17N3O2S/c1-13(5-2-6-13)16-19(17,18)12-8-15-11-4-3-9(14)7-10(11)12/h3-4,7-8,15-16H,2,5-6,14H2,1H3. The SMILES string of the molecule is CC1(NS(=O)(=O)c2c[nH]c3ccc(N)cc23)CCC1. The molecule has 0 amide bonds. The Labute approximate surface area is 112 Å². The summed E-state index contributed by atoms with van der Waals surface area (Å²) in [6.45, 7) is 1.94. The first-order chi connectivity index (χ1) is 8.90. The van der Waals surface area contributed by atoms with E-state index in [1.54, 1.807) is 18.2 Å². The van der Waals surface area contributed by atoms with Crippen molar-refractivity contribution in [2.24, 2.45) is 0 Å². The number of aromatic amines is 1. The molecule has 0 atom stereocenters. The molecule has 1 saturated carbocycles. The van der Waals surface area contributed by atoms with Crippen molar-refractivity contribution >= 4 is 26.6 Å². The lowest BCUT2D eigenvalue weighted by atomic mass is 9.80. The Balaban J connectivity index is 2.05. The Kier molecular flexibility index (Phi) is 2.62. The average Bonchev–Trinajstić information content (AvgIpc) is 2.69. The number of aromatic nitrogens is 1. The van der Waals surface area contributed by atoms with Crippen LogP contribution in [0, 0.1) is 0 Å². The number of nitrogen functional groups attached to an aromatic ring is 1. The van der Waals surface area contributed by atoms with Gasteiger partial charge in [0.15, 0.2) is 0 Å². The minimum atomic E-state index is -3.52. The van der Waals surface area contributed by atoms with Gasteiger partial charge in [0.2, 0.25) is 10.0 Å². The van der Waals surface area contributed by atoms with Crippen molar-refractivity contribution < 1.29 is 8.42 Å². The Morgan fingerprint density at radius 3 is 2.74 bits per heavy atom. The molecule has 1 aromatic carbocycles. The van der Waals surface area contributed by atoms with Gasteiger partial charge in [-0.15, -0.1) is 0 Å². The highest BCUT2D eigenvalue weighted by atomic mass is 32.2. The highest BCUT2D eigenvalue weighted by Crippen LogP contribution is 2.34. The topological polar surface area (TPSA) is 88.0 Å². The highest BCUT2D eigenvalue weighted by Gasteiger charge is 2.36. The molecule has 3 rings (SSSR count). The lowest BCUT2D eigenvalue weighted by Crippen LogP contribution is -2.50. The summed E-state index contributed by atoms with van der Waals surface area (Å²) in [4.78, 5) is 3.24. The van der Waals surface area contributed by atoms with E-state index in [1.165, 1.54) is 6.20 Å². The molecule has 1 heterocycles. The van der Waals surface area contributed by atoms with Gasteiger partial charge in [0.25, 0.3) is 0 Å². The predicted molar refractivity (Wildman–Crippen MR) is 75.3 cm³/mol. The van der Waals surface area contributed by atoms with Gasteiger partial charge in [-0.2, -0.15) is 0 Å². The third-order valence-electron chi connectivity index (χ3n) is 3.80. The van der Waals surface area contributed by atoms with E-state index in [-0.39, 0.29) is 10.4 Å². The quantitative estimate of drug-likeness (QED) is 0.751. The van der Waals surface area contributed by atoms with Crippen molar-refractivity contribution in [3.8, 4) is 0 Å². The second-order valence-electron chi connectivity index (χ2n) is 5.48. The Hall–Kier alpha value is -1.53. The predicted octanol–water partition coefficient (Wildman–Crippen LogP) is 1.97.